The summed E-state index contributed by atoms with van der Waals surface area (Å²) in [4.78, 5) is 17.0. The van der Waals surface area contributed by atoms with Crippen molar-refractivity contribution in [2.45, 2.75) is 25.9 Å². The third-order valence-electron chi connectivity index (χ3n) is 2.67. The maximum absolute atomic E-state index is 10.8. The Labute approximate surface area is 108 Å². The van der Waals surface area contributed by atoms with Gasteiger partial charge in [0.05, 0.1) is 5.69 Å². The summed E-state index contributed by atoms with van der Waals surface area (Å²) in [7, 11) is 4.09. The van der Waals surface area contributed by atoms with Crippen LogP contribution in [0.3, 0.4) is 0 Å². The summed E-state index contributed by atoms with van der Waals surface area (Å²) in [6, 6.07) is 5.43. The van der Waals surface area contributed by atoms with Crippen molar-refractivity contribution in [2.75, 3.05) is 20.6 Å². The topological polar surface area (TPSA) is 65.5 Å². The Morgan fingerprint density at radius 1 is 1.50 bits per heavy atom. The highest BCUT2D eigenvalue weighted by Gasteiger charge is 2.06. The van der Waals surface area contributed by atoms with Gasteiger partial charge in [0.15, 0.2) is 0 Å². The summed E-state index contributed by atoms with van der Waals surface area (Å²) in [5.74, 6) is -0.988. The molecule has 0 saturated heterocycles. The largest absolute Gasteiger partial charge is 0.477 e. The van der Waals surface area contributed by atoms with E-state index in [9.17, 15) is 4.79 Å². The molecule has 0 amide bonds. The fourth-order valence-electron chi connectivity index (χ4n) is 1.53. The minimum atomic E-state index is -0.988. The van der Waals surface area contributed by atoms with Crippen LogP contribution in [-0.2, 0) is 6.54 Å². The van der Waals surface area contributed by atoms with Gasteiger partial charge in [-0.2, -0.15) is 0 Å². The number of aromatic carboxylic acids is 1. The first-order chi connectivity index (χ1) is 8.49. The number of hydrogen-bond donors (Lipinski definition) is 2. The predicted molar refractivity (Wildman–Crippen MR) is 70.7 cm³/mol. The van der Waals surface area contributed by atoms with Crippen molar-refractivity contribution in [2.24, 2.45) is 0 Å². The SMILES string of the molecule is CC(CCN(C)C)NCc1cccc(C(=O)O)n1. The Bertz CT molecular complexity index is 394. The molecule has 5 nitrogen and oxygen atoms in total. The van der Waals surface area contributed by atoms with E-state index in [1.807, 2.05) is 20.2 Å². The highest BCUT2D eigenvalue weighted by molar-refractivity contribution is 5.85. The molecule has 0 saturated carbocycles. The lowest BCUT2D eigenvalue weighted by atomic mass is 10.2. The molecule has 0 fully saturated rings. The molecular weight excluding hydrogens is 230 g/mol. The van der Waals surface area contributed by atoms with Gasteiger partial charge in [-0.15, -0.1) is 0 Å². The molecule has 1 rings (SSSR count). The van der Waals surface area contributed by atoms with Crippen molar-refractivity contribution in [1.82, 2.24) is 15.2 Å². The molecule has 1 aromatic rings. The Hall–Kier alpha value is -1.46. The van der Waals surface area contributed by atoms with Gasteiger partial charge in [0, 0.05) is 12.6 Å². The second-order valence-electron chi connectivity index (χ2n) is 4.69. The van der Waals surface area contributed by atoms with Crippen molar-refractivity contribution in [3.05, 3.63) is 29.6 Å². The molecule has 5 heteroatoms. The molecule has 0 bridgehead atoms. The highest BCUT2D eigenvalue weighted by atomic mass is 16.4. The fourth-order valence-corrected chi connectivity index (χ4v) is 1.53. The van der Waals surface area contributed by atoms with E-state index in [0.717, 1.165) is 18.7 Å². The van der Waals surface area contributed by atoms with E-state index in [1.165, 1.54) is 6.07 Å². The molecular formula is C13H21N3O2. The number of pyridine rings is 1. The van der Waals surface area contributed by atoms with Crippen molar-refractivity contribution in [3.63, 3.8) is 0 Å². The summed E-state index contributed by atoms with van der Waals surface area (Å²) in [6.45, 7) is 3.73. The smallest absolute Gasteiger partial charge is 0.354 e. The summed E-state index contributed by atoms with van der Waals surface area (Å²) in [5, 5.41) is 12.2. The number of rotatable bonds is 7. The molecule has 1 heterocycles. The minimum absolute atomic E-state index is 0.0928. The Morgan fingerprint density at radius 3 is 2.83 bits per heavy atom. The zero-order valence-corrected chi connectivity index (χ0v) is 11.2. The average Bonchev–Trinajstić information content (AvgIpc) is 2.34. The highest BCUT2D eigenvalue weighted by Crippen LogP contribution is 2.01. The van der Waals surface area contributed by atoms with E-state index in [1.54, 1.807) is 6.07 Å². The quantitative estimate of drug-likeness (QED) is 0.762. The van der Waals surface area contributed by atoms with Crippen molar-refractivity contribution in [1.29, 1.82) is 0 Å². The molecule has 18 heavy (non-hydrogen) atoms. The van der Waals surface area contributed by atoms with Crippen LogP contribution in [0.1, 0.15) is 29.5 Å². The molecule has 1 unspecified atom stereocenters. The third-order valence-corrected chi connectivity index (χ3v) is 2.67. The zero-order chi connectivity index (χ0) is 13.5. The summed E-state index contributed by atoms with van der Waals surface area (Å²) in [6.07, 6.45) is 1.05. The average molecular weight is 251 g/mol. The van der Waals surface area contributed by atoms with Gasteiger partial charge >= 0.3 is 5.97 Å². The molecule has 0 radical (unpaired) electrons. The second-order valence-corrected chi connectivity index (χ2v) is 4.69. The molecule has 1 atom stereocenters. The van der Waals surface area contributed by atoms with E-state index < -0.39 is 5.97 Å². The van der Waals surface area contributed by atoms with E-state index in [4.69, 9.17) is 5.11 Å². The number of hydrogen-bond acceptors (Lipinski definition) is 4. The number of carboxylic acids is 1. The lowest BCUT2D eigenvalue weighted by molar-refractivity contribution is 0.0690. The standard InChI is InChI=1S/C13H21N3O2/c1-10(7-8-16(2)3)14-9-11-5-4-6-12(15-11)13(17)18/h4-6,10,14H,7-9H2,1-3H3,(H,17,18). The van der Waals surface area contributed by atoms with Gasteiger partial charge in [-0.3, -0.25) is 0 Å². The lowest BCUT2D eigenvalue weighted by Gasteiger charge is -2.16. The molecule has 0 aliphatic rings. The van der Waals surface area contributed by atoms with Crippen LogP contribution < -0.4 is 5.32 Å². The number of carboxylic acid groups (broad SMARTS) is 1. The molecule has 100 valence electrons. The molecule has 1 aromatic heterocycles. The first kappa shape index (κ1) is 14.6. The normalized spacial score (nSPS) is 12.7. The van der Waals surface area contributed by atoms with E-state index in [2.05, 4.69) is 22.1 Å². The lowest BCUT2D eigenvalue weighted by Crippen LogP contribution is -2.29. The summed E-state index contributed by atoms with van der Waals surface area (Å²) in [5.41, 5.74) is 0.849. The van der Waals surface area contributed by atoms with Crippen LogP contribution in [0, 0.1) is 0 Å². The third kappa shape index (κ3) is 5.25. The first-order valence-electron chi connectivity index (χ1n) is 6.06. The minimum Gasteiger partial charge on any atom is -0.477 e. The maximum Gasteiger partial charge on any atom is 0.354 e. The fraction of sp³-hybridized carbons (Fsp3) is 0.538. The monoisotopic (exact) mass is 251 g/mol. The molecule has 0 spiro atoms. The molecule has 0 aliphatic carbocycles. The molecule has 0 aromatic carbocycles. The maximum atomic E-state index is 10.8. The van der Waals surface area contributed by atoms with Crippen LogP contribution in [0.15, 0.2) is 18.2 Å². The van der Waals surface area contributed by atoms with E-state index in [0.29, 0.717) is 12.6 Å². The predicted octanol–water partition coefficient (Wildman–Crippen LogP) is 1.21. The Kier molecular flexibility index (Phi) is 5.74. The van der Waals surface area contributed by atoms with Crippen LogP contribution in [0.2, 0.25) is 0 Å². The Balaban J connectivity index is 2.43. The number of nitrogens with zero attached hydrogens (tertiary/aromatic N) is 2. The van der Waals surface area contributed by atoms with Crippen molar-refractivity contribution < 1.29 is 9.90 Å². The molecule has 2 N–H and O–H groups in total. The number of nitrogens with one attached hydrogen (secondary N) is 1. The van der Waals surface area contributed by atoms with Gasteiger partial charge < -0.3 is 15.3 Å². The summed E-state index contributed by atoms with van der Waals surface area (Å²) < 4.78 is 0. The van der Waals surface area contributed by atoms with Gasteiger partial charge in [0.1, 0.15) is 5.69 Å². The second kappa shape index (κ2) is 7.08. The van der Waals surface area contributed by atoms with Gasteiger partial charge in [-0.25, -0.2) is 9.78 Å². The van der Waals surface area contributed by atoms with Crippen molar-refractivity contribution >= 4 is 5.97 Å². The van der Waals surface area contributed by atoms with Crippen LogP contribution in [0.5, 0.6) is 0 Å². The van der Waals surface area contributed by atoms with Crippen LogP contribution >= 0.6 is 0 Å². The van der Waals surface area contributed by atoms with Crippen LogP contribution in [0.4, 0.5) is 0 Å². The van der Waals surface area contributed by atoms with E-state index >= 15 is 0 Å². The Morgan fingerprint density at radius 2 is 2.22 bits per heavy atom. The number of aromatic nitrogens is 1. The first-order valence-corrected chi connectivity index (χ1v) is 6.06. The zero-order valence-electron chi connectivity index (χ0n) is 11.2. The summed E-state index contributed by atoms with van der Waals surface area (Å²) >= 11 is 0. The van der Waals surface area contributed by atoms with Gasteiger partial charge in [0.2, 0.25) is 0 Å². The number of carbonyl (C=O) groups is 1. The van der Waals surface area contributed by atoms with Gasteiger partial charge in [-0.1, -0.05) is 6.07 Å². The van der Waals surface area contributed by atoms with Gasteiger partial charge in [-0.05, 0) is 46.1 Å². The van der Waals surface area contributed by atoms with Gasteiger partial charge in [0.25, 0.3) is 0 Å². The van der Waals surface area contributed by atoms with Crippen LogP contribution in [-0.4, -0.2) is 47.6 Å². The molecule has 0 aliphatic heterocycles. The van der Waals surface area contributed by atoms with Crippen molar-refractivity contribution in [3.8, 4) is 0 Å². The van der Waals surface area contributed by atoms with Crippen LogP contribution in [0.25, 0.3) is 0 Å². The van der Waals surface area contributed by atoms with E-state index in [-0.39, 0.29) is 5.69 Å².